The number of rotatable bonds is 3. The number of nitrogen functional groups attached to an aromatic ring is 1. The number of anilines is 1. The van der Waals surface area contributed by atoms with Gasteiger partial charge in [0.05, 0.1) is 12.2 Å². The number of ether oxygens (including phenoxy) is 1. The van der Waals surface area contributed by atoms with E-state index in [9.17, 15) is 9.18 Å². The number of halogens is 1. The summed E-state index contributed by atoms with van der Waals surface area (Å²) >= 11 is 0. The van der Waals surface area contributed by atoms with Crippen LogP contribution in [0.5, 0.6) is 0 Å². The summed E-state index contributed by atoms with van der Waals surface area (Å²) in [6, 6.07) is 6.02. The highest BCUT2D eigenvalue weighted by atomic mass is 19.1. The van der Waals surface area contributed by atoms with Crippen LogP contribution in [0.3, 0.4) is 0 Å². The van der Waals surface area contributed by atoms with Crippen molar-refractivity contribution in [3.05, 3.63) is 35.8 Å². The van der Waals surface area contributed by atoms with Gasteiger partial charge in [-0.25, -0.2) is 9.18 Å². The van der Waals surface area contributed by atoms with Crippen LogP contribution in [-0.4, -0.2) is 22.8 Å². The molecule has 0 atom stereocenters. The molecule has 0 saturated carbocycles. The van der Waals surface area contributed by atoms with Crippen LogP contribution in [0.4, 0.5) is 10.2 Å². The van der Waals surface area contributed by atoms with Gasteiger partial charge in [0, 0.05) is 5.56 Å². The molecule has 0 bridgehead atoms. The van der Waals surface area contributed by atoms with Gasteiger partial charge < -0.3 is 10.5 Å². The van der Waals surface area contributed by atoms with Crippen molar-refractivity contribution >= 4 is 11.8 Å². The molecule has 0 aliphatic heterocycles. The second-order valence-corrected chi connectivity index (χ2v) is 3.56. The number of benzene rings is 1. The SMILES string of the molecule is CCOC(=O)c1[nH]nc(N)c1-c1ccccc1F. The number of aromatic amines is 1. The van der Waals surface area contributed by atoms with E-state index in [0.717, 1.165) is 0 Å². The number of esters is 1. The maximum atomic E-state index is 13.7. The molecular weight excluding hydrogens is 237 g/mol. The minimum absolute atomic E-state index is 0.0550. The van der Waals surface area contributed by atoms with Crippen molar-refractivity contribution in [3.63, 3.8) is 0 Å². The van der Waals surface area contributed by atoms with E-state index in [0.29, 0.717) is 0 Å². The summed E-state index contributed by atoms with van der Waals surface area (Å²) in [5.41, 5.74) is 6.16. The Morgan fingerprint density at radius 1 is 1.50 bits per heavy atom. The Kier molecular flexibility index (Phi) is 3.27. The first-order valence-electron chi connectivity index (χ1n) is 5.41. The maximum absolute atomic E-state index is 13.7. The molecule has 0 aliphatic carbocycles. The fourth-order valence-electron chi connectivity index (χ4n) is 1.64. The quantitative estimate of drug-likeness (QED) is 0.815. The molecule has 0 fully saturated rings. The second kappa shape index (κ2) is 4.87. The monoisotopic (exact) mass is 249 g/mol. The molecule has 1 aromatic carbocycles. The summed E-state index contributed by atoms with van der Waals surface area (Å²) in [5.74, 6) is -1.03. The van der Waals surface area contributed by atoms with Crippen LogP contribution in [0.1, 0.15) is 17.4 Å². The van der Waals surface area contributed by atoms with Gasteiger partial charge in [-0.3, -0.25) is 5.10 Å². The van der Waals surface area contributed by atoms with E-state index in [1.54, 1.807) is 19.1 Å². The van der Waals surface area contributed by atoms with Crippen LogP contribution in [0.25, 0.3) is 11.1 Å². The Hall–Kier alpha value is -2.37. The molecule has 94 valence electrons. The lowest BCUT2D eigenvalue weighted by Gasteiger charge is -2.05. The number of H-pyrrole nitrogens is 1. The predicted octanol–water partition coefficient (Wildman–Crippen LogP) is 1.97. The number of nitrogens with one attached hydrogen (secondary N) is 1. The number of nitrogens with two attached hydrogens (primary N) is 1. The fraction of sp³-hybridized carbons (Fsp3) is 0.167. The topological polar surface area (TPSA) is 81.0 Å². The van der Waals surface area contributed by atoms with Gasteiger partial charge in [-0.05, 0) is 13.0 Å². The minimum Gasteiger partial charge on any atom is -0.461 e. The Bertz CT molecular complexity index is 580. The number of aromatic nitrogens is 2. The maximum Gasteiger partial charge on any atom is 0.357 e. The number of hydrogen-bond acceptors (Lipinski definition) is 4. The molecule has 5 nitrogen and oxygen atoms in total. The first-order chi connectivity index (χ1) is 8.65. The van der Waals surface area contributed by atoms with Crippen molar-refractivity contribution in [3.8, 4) is 11.1 Å². The lowest BCUT2D eigenvalue weighted by molar-refractivity contribution is 0.0520. The zero-order chi connectivity index (χ0) is 13.1. The van der Waals surface area contributed by atoms with Crippen LogP contribution in [0.15, 0.2) is 24.3 Å². The molecule has 0 amide bonds. The average molecular weight is 249 g/mol. The normalized spacial score (nSPS) is 10.3. The van der Waals surface area contributed by atoms with E-state index in [4.69, 9.17) is 10.5 Å². The highest BCUT2D eigenvalue weighted by Crippen LogP contribution is 2.30. The molecule has 2 aromatic rings. The zero-order valence-electron chi connectivity index (χ0n) is 9.74. The Balaban J connectivity index is 2.54. The first-order valence-corrected chi connectivity index (χ1v) is 5.41. The highest BCUT2D eigenvalue weighted by Gasteiger charge is 2.22. The Morgan fingerprint density at radius 2 is 2.22 bits per heavy atom. The summed E-state index contributed by atoms with van der Waals surface area (Å²) in [4.78, 5) is 11.7. The summed E-state index contributed by atoms with van der Waals surface area (Å²) in [5, 5.41) is 6.19. The molecule has 1 heterocycles. The van der Waals surface area contributed by atoms with Gasteiger partial charge in [-0.15, -0.1) is 0 Å². The molecule has 0 aliphatic rings. The Morgan fingerprint density at radius 3 is 2.89 bits per heavy atom. The van der Waals surface area contributed by atoms with Gasteiger partial charge in [-0.1, -0.05) is 18.2 Å². The summed E-state index contributed by atoms with van der Waals surface area (Å²) in [7, 11) is 0. The van der Waals surface area contributed by atoms with E-state index in [-0.39, 0.29) is 29.2 Å². The molecule has 18 heavy (non-hydrogen) atoms. The van der Waals surface area contributed by atoms with Crippen molar-refractivity contribution in [2.75, 3.05) is 12.3 Å². The van der Waals surface area contributed by atoms with Gasteiger partial charge in [-0.2, -0.15) is 5.10 Å². The smallest absolute Gasteiger partial charge is 0.357 e. The third kappa shape index (κ3) is 2.04. The van der Waals surface area contributed by atoms with E-state index in [2.05, 4.69) is 10.2 Å². The van der Waals surface area contributed by atoms with Crippen LogP contribution >= 0.6 is 0 Å². The molecule has 0 unspecified atom stereocenters. The van der Waals surface area contributed by atoms with Crippen molar-refractivity contribution in [2.45, 2.75) is 6.92 Å². The summed E-state index contributed by atoms with van der Waals surface area (Å²) < 4.78 is 18.6. The molecule has 6 heteroatoms. The van der Waals surface area contributed by atoms with Crippen molar-refractivity contribution in [1.29, 1.82) is 0 Å². The van der Waals surface area contributed by atoms with Gasteiger partial charge >= 0.3 is 5.97 Å². The third-order valence-electron chi connectivity index (χ3n) is 2.42. The van der Waals surface area contributed by atoms with E-state index >= 15 is 0 Å². The molecule has 0 saturated heterocycles. The number of nitrogens with zero attached hydrogens (tertiary/aromatic N) is 1. The molecule has 0 spiro atoms. The minimum atomic E-state index is -0.611. The van der Waals surface area contributed by atoms with Crippen molar-refractivity contribution < 1.29 is 13.9 Å². The molecule has 2 rings (SSSR count). The van der Waals surface area contributed by atoms with Crippen LogP contribution in [0.2, 0.25) is 0 Å². The molecular formula is C12H12FN3O2. The highest BCUT2D eigenvalue weighted by molar-refractivity contribution is 5.98. The third-order valence-corrected chi connectivity index (χ3v) is 2.42. The van der Waals surface area contributed by atoms with Gasteiger partial charge in [0.15, 0.2) is 11.5 Å². The van der Waals surface area contributed by atoms with Gasteiger partial charge in [0.25, 0.3) is 0 Å². The lowest BCUT2D eigenvalue weighted by Crippen LogP contribution is -2.07. The summed E-state index contributed by atoms with van der Waals surface area (Å²) in [6.45, 7) is 1.90. The standard InChI is InChI=1S/C12H12FN3O2/c1-2-18-12(17)10-9(11(14)16-15-10)7-5-3-4-6-8(7)13/h3-6H,2H2,1H3,(H3,14,15,16). The molecule has 0 radical (unpaired) electrons. The zero-order valence-corrected chi connectivity index (χ0v) is 9.74. The van der Waals surface area contributed by atoms with E-state index in [1.165, 1.54) is 12.1 Å². The predicted molar refractivity (Wildman–Crippen MR) is 64.4 cm³/mol. The lowest BCUT2D eigenvalue weighted by atomic mass is 10.0. The first kappa shape index (κ1) is 12.1. The van der Waals surface area contributed by atoms with Gasteiger partial charge in [0.2, 0.25) is 0 Å². The largest absolute Gasteiger partial charge is 0.461 e. The van der Waals surface area contributed by atoms with Crippen molar-refractivity contribution in [1.82, 2.24) is 10.2 Å². The number of hydrogen-bond donors (Lipinski definition) is 2. The van der Waals surface area contributed by atoms with Crippen LogP contribution in [0, 0.1) is 5.82 Å². The fourth-order valence-corrected chi connectivity index (χ4v) is 1.64. The number of carbonyl (C=O) groups is 1. The average Bonchev–Trinajstić information content (AvgIpc) is 2.72. The molecule has 3 N–H and O–H groups in total. The summed E-state index contributed by atoms with van der Waals surface area (Å²) in [6.07, 6.45) is 0. The number of carbonyl (C=O) groups excluding carboxylic acids is 1. The van der Waals surface area contributed by atoms with E-state index < -0.39 is 11.8 Å². The van der Waals surface area contributed by atoms with Crippen LogP contribution < -0.4 is 5.73 Å². The van der Waals surface area contributed by atoms with Gasteiger partial charge in [0.1, 0.15) is 5.82 Å². The van der Waals surface area contributed by atoms with Crippen molar-refractivity contribution in [2.24, 2.45) is 0 Å². The Labute approximate surface area is 103 Å². The van der Waals surface area contributed by atoms with E-state index in [1.807, 2.05) is 0 Å². The van der Waals surface area contributed by atoms with Crippen LogP contribution in [-0.2, 0) is 4.74 Å². The second-order valence-electron chi connectivity index (χ2n) is 3.56. The molecule has 1 aromatic heterocycles.